The topological polar surface area (TPSA) is 13.1 Å². The molecule has 0 fully saturated rings. The van der Waals surface area contributed by atoms with Crippen molar-refractivity contribution in [2.24, 2.45) is 0 Å². The van der Waals surface area contributed by atoms with Crippen molar-refractivity contribution in [3.63, 3.8) is 0 Å². The number of fused-ring (bicyclic) bond motifs is 3. The number of hydrogen-bond donors (Lipinski definition) is 0. The third-order valence-electron chi connectivity index (χ3n) is 4.65. The van der Waals surface area contributed by atoms with Crippen LogP contribution in [0.3, 0.4) is 0 Å². The van der Waals surface area contributed by atoms with Crippen LogP contribution in [0.1, 0.15) is 37.5 Å². The van der Waals surface area contributed by atoms with Gasteiger partial charge in [-0.3, -0.25) is 0 Å². The zero-order chi connectivity index (χ0) is 16.7. The average molecular weight is 314 g/mol. The summed E-state index contributed by atoms with van der Waals surface area (Å²) in [5.41, 5.74) is 6.05. The van der Waals surface area contributed by atoms with Crippen molar-refractivity contribution < 1.29 is 4.42 Å². The summed E-state index contributed by atoms with van der Waals surface area (Å²) in [4.78, 5) is 0. The van der Waals surface area contributed by atoms with Crippen LogP contribution in [0.4, 0.5) is 0 Å². The zero-order valence-electron chi connectivity index (χ0n) is 14.5. The van der Waals surface area contributed by atoms with Crippen molar-refractivity contribution in [1.29, 1.82) is 0 Å². The summed E-state index contributed by atoms with van der Waals surface area (Å²) in [7, 11) is 0. The summed E-state index contributed by atoms with van der Waals surface area (Å²) >= 11 is 0. The van der Waals surface area contributed by atoms with Crippen LogP contribution in [-0.4, -0.2) is 0 Å². The Labute approximate surface area is 142 Å². The van der Waals surface area contributed by atoms with Crippen LogP contribution in [0, 0.1) is 0 Å². The van der Waals surface area contributed by atoms with Gasteiger partial charge in [0.25, 0.3) is 0 Å². The Kier molecular flexibility index (Phi) is 3.45. The summed E-state index contributed by atoms with van der Waals surface area (Å²) in [6.07, 6.45) is 0.922. The van der Waals surface area contributed by atoms with Crippen LogP contribution in [-0.2, 0) is 11.8 Å². The Bertz CT molecular complexity index is 1000. The molecular weight excluding hydrogens is 292 g/mol. The molecular formula is C23H22O. The van der Waals surface area contributed by atoms with Gasteiger partial charge in [-0.15, -0.1) is 0 Å². The van der Waals surface area contributed by atoms with Crippen molar-refractivity contribution >= 4 is 21.9 Å². The Hall–Kier alpha value is -2.54. The van der Waals surface area contributed by atoms with Gasteiger partial charge in [0.1, 0.15) is 11.2 Å². The van der Waals surface area contributed by atoms with E-state index in [4.69, 9.17) is 4.42 Å². The summed E-state index contributed by atoms with van der Waals surface area (Å²) in [5.74, 6) is 0. The minimum atomic E-state index is 0.0795. The highest BCUT2D eigenvalue weighted by Gasteiger charge is 2.21. The van der Waals surface area contributed by atoms with Crippen molar-refractivity contribution in [3.05, 3.63) is 83.4 Å². The predicted molar refractivity (Wildman–Crippen MR) is 102 cm³/mol. The van der Waals surface area contributed by atoms with Crippen molar-refractivity contribution in [2.75, 3.05) is 0 Å². The van der Waals surface area contributed by atoms with Gasteiger partial charge < -0.3 is 4.42 Å². The molecule has 0 saturated carbocycles. The largest absolute Gasteiger partial charge is 0.456 e. The van der Waals surface area contributed by atoms with Gasteiger partial charge in [-0.1, -0.05) is 75.4 Å². The van der Waals surface area contributed by atoms with Crippen LogP contribution in [0.2, 0.25) is 0 Å². The van der Waals surface area contributed by atoms with Gasteiger partial charge in [-0.25, -0.2) is 0 Å². The van der Waals surface area contributed by atoms with Crippen molar-refractivity contribution in [2.45, 2.75) is 32.6 Å². The molecule has 24 heavy (non-hydrogen) atoms. The second-order valence-electron chi connectivity index (χ2n) is 7.48. The van der Waals surface area contributed by atoms with Gasteiger partial charge >= 0.3 is 0 Å². The number of furan rings is 1. The van der Waals surface area contributed by atoms with E-state index in [1.54, 1.807) is 0 Å². The molecule has 3 aromatic carbocycles. The van der Waals surface area contributed by atoms with E-state index < -0.39 is 0 Å². The first-order valence-electron chi connectivity index (χ1n) is 8.51. The lowest BCUT2D eigenvalue weighted by molar-refractivity contribution is 0.594. The van der Waals surface area contributed by atoms with Crippen molar-refractivity contribution in [3.8, 4) is 0 Å². The van der Waals surface area contributed by atoms with E-state index in [1.165, 1.54) is 27.5 Å². The molecule has 1 aromatic heterocycles. The highest BCUT2D eigenvalue weighted by molar-refractivity contribution is 6.09. The first kappa shape index (κ1) is 15.0. The standard InChI is InChI=1S/C23H22O/c1-23(2,3)18-12-8-14-20-22(18)21-17(11-7-13-19(21)24-20)15-16-9-5-4-6-10-16/h4-14H,15H2,1-3H3. The maximum atomic E-state index is 6.17. The Balaban J connectivity index is 2.02. The van der Waals surface area contributed by atoms with E-state index >= 15 is 0 Å². The molecule has 4 rings (SSSR count). The second kappa shape index (κ2) is 5.52. The highest BCUT2D eigenvalue weighted by atomic mass is 16.3. The molecule has 0 saturated heterocycles. The van der Waals surface area contributed by atoms with E-state index in [0.717, 1.165) is 17.6 Å². The fourth-order valence-electron chi connectivity index (χ4n) is 3.53. The Morgan fingerprint density at radius 1 is 0.708 bits per heavy atom. The smallest absolute Gasteiger partial charge is 0.135 e. The number of benzene rings is 3. The first-order chi connectivity index (χ1) is 11.5. The molecule has 0 radical (unpaired) electrons. The van der Waals surface area contributed by atoms with Crippen molar-refractivity contribution in [1.82, 2.24) is 0 Å². The summed E-state index contributed by atoms with van der Waals surface area (Å²) < 4.78 is 6.17. The zero-order valence-corrected chi connectivity index (χ0v) is 14.5. The molecule has 0 N–H and O–H groups in total. The lowest BCUT2D eigenvalue weighted by Gasteiger charge is -2.20. The van der Waals surface area contributed by atoms with Gasteiger partial charge in [0, 0.05) is 10.8 Å². The fraction of sp³-hybridized carbons (Fsp3) is 0.217. The van der Waals surface area contributed by atoms with Crippen LogP contribution in [0.25, 0.3) is 21.9 Å². The first-order valence-corrected chi connectivity index (χ1v) is 8.51. The third kappa shape index (κ3) is 2.50. The Morgan fingerprint density at radius 2 is 1.38 bits per heavy atom. The Morgan fingerprint density at radius 3 is 2.08 bits per heavy atom. The van der Waals surface area contributed by atoms with Crippen LogP contribution >= 0.6 is 0 Å². The molecule has 0 bridgehead atoms. The third-order valence-corrected chi connectivity index (χ3v) is 4.65. The van der Waals surface area contributed by atoms with E-state index in [0.29, 0.717) is 0 Å². The molecule has 1 heterocycles. The number of hydrogen-bond acceptors (Lipinski definition) is 1. The monoisotopic (exact) mass is 314 g/mol. The lowest BCUT2D eigenvalue weighted by atomic mass is 9.83. The average Bonchev–Trinajstić information content (AvgIpc) is 2.94. The molecule has 0 spiro atoms. The van der Waals surface area contributed by atoms with E-state index in [2.05, 4.69) is 87.5 Å². The summed E-state index contributed by atoms with van der Waals surface area (Å²) in [5, 5.41) is 2.54. The quantitative estimate of drug-likeness (QED) is 0.413. The van der Waals surface area contributed by atoms with Gasteiger partial charge in [-0.2, -0.15) is 0 Å². The summed E-state index contributed by atoms with van der Waals surface area (Å²) in [6, 6.07) is 23.5. The maximum absolute atomic E-state index is 6.17. The molecule has 0 aliphatic carbocycles. The van der Waals surface area contributed by atoms with E-state index in [1.807, 2.05) is 0 Å². The molecule has 1 heteroatoms. The molecule has 0 amide bonds. The molecule has 0 atom stereocenters. The van der Waals surface area contributed by atoms with Gasteiger partial charge in [0.2, 0.25) is 0 Å². The molecule has 0 aliphatic heterocycles. The minimum absolute atomic E-state index is 0.0795. The van der Waals surface area contributed by atoms with Crippen LogP contribution in [0.5, 0.6) is 0 Å². The molecule has 0 aliphatic rings. The molecule has 4 aromatic rings. The fourth-order valence-corrected chi connectivity index (χ4v) is 3.53. The normalized spacial score (nSPS) is 12.1. The SMILES string of the molecule is CC(C)(C)c1cccc2oc3cccc(Cc4ccccc4)c3c12. The van der Waals surface area contributed by atoms with Crippen LogP contribution in [0.15, 0.2) is 71.1 Å². The maximum Gasteiger partial charge on any atom is 0.135 e. The van der Waals surface area contributed by atoms with Gasteiger partial charge in [0.05, 0.1) is 0 Å². The minimum Gasteiger partial charge on any atom is -0.456 e. The van der Waals surface area contributed by atoms with Gasteiger partial charge in [0.15, 0.2) is 0 Å². The lowest BCUT2D eigenvalue weighted by Crippen LogP contribution is -2.11. The molecule has 120 valence electrons. The highest BCUT2D eigenvalue weighted by Crippen LogP contribution is 2.38. The van der Waals surface area contributed by atoms with Gasteiger partial charge in [-0.05, 0) is 40.7 Å². The number of rotatable bonds is 2. The van der Waals surface area contributed by atoms with E-state index in [-0.39, 0.29) is 5.41 Å². The van der Waals surface area contributed by atoms with Crippen LogP contribution < -0.4 is 0 Å². The van der Waals surface area contributed by atoms with E-state index in [9.17, 15) is 0 Å². The second-order valence-corrected chi connectivity index (χ2v) is 7.48. The molecule has 1 nitrogen and oxygen atoms in total. The predicted octanol–water partition coefficient (Wildman–Crippen LogP) is 6.47. The molecule has 0 unspecified atom stereocenters. The summed E-state index contributed by atoms with van der Waals surface area (Å²) in [6.45, 7) is 6.79.